The number of amides is 2. The molecule has 0 aliphatic carbocycles. The van der Waals surface area contributed by atoms with E-state index in [1.165, 1.54) is 30.3 Å². The van der Waals surface area contributed by atoms with Crippen molar-refractivity contribution in [3.8, 4) is 0 Å². The molecule has 0 aromatic heterocycles. The molecule has 5 aromatic carbocycles. The van der Waals surface area contributed by atoms with Gasteiger partial charge in [-0.15, -0.1) is 0 Å². The van der Waals surface area contributed by atoms with E-state index in [1.54, 1.807) is 24.3 Å². The smallest absolute Gasteiger partial charge is 0.321 e. The van der Waals surface area contributed by atoms with Crippen LogP contribution in [0.25, 0.3) is 0 Å². The van der Waals surface area contributed by atoms with Crippen LogP contribution in [0.1, 0.15) is 26.3 Å². The van der Waals surface area contributed by atoms with E-state index in [-0.39, 0.29) is 16.9 Å². The number of carbonyl (C=O) groups excluding carboxylic acids is 2. The normalized spacial score (nSPS) is 11.0. The number of anilines is 5. The first kappa shape index (κ1) is 27.2. The topological polar surface area (TPSA) is 61.4 Å². The molecule has 0 fully saturated rings. The van der Waals surface area contributed by atoms with Crippen molar-refractivity contribution in [1.82, 2.24) is 0 Å². The largest absolute Gasteiger partial charge is 0.418 e. The highest BCUT2D eigenvalue weighted by Gasteiger charge is 2.33. The lowest BCUT2D eigenvalue weighted by Crippen LogP contribution is -2.21. The van der Waals surface area contributed by atoms with Crippen molar-refractivity contribution in [2.45, 2.75) is 6.18 Å². The molecule has 5 nitrogen and oxygen atoms in total. The van der Waals surface area contributed by atoms with E-state index in [4.69, 9.17) is 0 Å². The summed E-state index contributed by atoms with van der Waals surface area (Å²) in [5, 5.41) is 5.13. The highest BCUT2D eigenvalue weighted by atomic mass is 19.4. The third-order valence-electron chi connectivity index (χ3n) is 6.32. The second-order valence-corrected chi connectivity index (χ2v) is 9.02. The van der Waals surface area contributed by atoms with Crippen molar-refractivity contribution in [2.24, 2.45) is 0 Å². The van der Waals surface area contributed by atoms with Crippen LogP contribution < -0.4 is 15.5 Å². The van der Waals surface area contributed by atoms with Gasteiger partial charge in [-0.25, -0.2) is 0 Å². The quantitative estimate of drug-likeness (QED) is 0.213. The van der Waals surface area contributed by atoms with E-state index in [9.17, 15) is 22.8 Å². The van der Waals surface area contributed by atoms with E-state index >= 15 is 0 Å². The van der Waals surface area contributed by atoms with Crippen molar-refractivity contribution in [1.29, 1.82) is 0 Å². The minimum atomic E-state index is -4.65. The monoisotopic (exact) mass is 551 g/mol. The number of hydrogen-bond donors (Lipinski definition) is 2. The summed E-state index contributed by atoms with van der Waals surface area (Å²) < 4.78 is 40.4. The zero-order valence-corrected chi connectivity index (χ0v) is 21.6. The molecule has 0 atom stereocenters. The van der Waals surface area contributed by atoms with Gasteiger partial charge in [0.2, 0.25) is 0 Å². The molecule has 5 rings (SSSR count). The Kier molecular flexibility index (Phi) is 7.83. The van der Waals surface area contributed by atoms with Crippen LogP contribution in [-0.4, -0.2) is 11.8 Å². The Morgan fingerprint density at radius 2 is 0.951 bits per heavy atom. The molecular formula is C33H24F3N3O2. The van der Waals surface area contributed by atoms with E-state index in [0.29, 0.717) is 11.3 Å². The molecule has 0 saturated carbocycles. The first-order chi connectivity index (χ1) is 19.8. The second kappa shape index (κ2) is 11.8. The SMILES string of the molecule is O=C(Nc1ccccc1C(F)(F)F)c1ccccc1NC(=O)c1ccccc1N(c1ccccc1)c1ccccc1. The van der Waals surface area contributed by atoms with Crippen LogP contribution in [0.5, 0.6) is 0 Å². The first-order valence-electron chi connectivity index (χ1n) is 12.7. The molecule has 0 radical (unpaired) electrons. The average Bonchev–Trinajstić information content (AvgIpc) is 2.99. The van der Waals surface area contributed by atoms with Crippen molar-refractivity contribution < 1.29 is 22.8 Å². The minimum Gasteiger partial charge on any atom is -0.321 e. The van der Waals surface area contributed by atoms with Gasteiger partial charge >= 0.3 is 6.18 Å². The molecule has 5 aromatic rings. The molecule has 8 heteroatoms. The Morgan fingerprint density at radius 3 is 1.56 bits per heavy atom. The molecule has 2 N–H and O–H groups in total. The van der Waals surface area contributed by atoms with Gasteiger partial charge in [0.05, 0.1) is 33.8 Å². The summed E-state index contributed by atoms with van der Waals surface area (Å²) in [7, 11) is 0. The summed E-state index contributed by atoms with van der Waals surface area (Å²) in [6.07, 6.45) is -4.65. The van der Waals surface area contributed by atoms with Crippen molar-refractivity contribution in [3.63, 3.8) is 0 Å². The zero-order valence-electron chi connectivity index (χ0n) is 21.6. The Balaban J connectivity index is 1.47. The number of rotatable bonds is 7. The zero-order chi connectivity index (χ0) is 28.8. The van der Waals surface area contributed by atoms with Crippen molar-refractivity contribution in [3.05, 3.63) is 150 Å². The van der Waals surface area contributed by atoms with Crippen LogP contribution in [0.2, 0.25) is 0 Å². The molecule has 0 aliphatic heterocycles. The minimum absolute atomic E-state index is 0.0123. The molecular weight excluding hydrogens is 527 g/mol. The molecule has 0 spiro atoms. The Morgan fingerprint density at radius 1 is 0.512 bits per heavy atom. The maximum absolute atomic E-state index is 13.7. The number of halogens is 3. The fourth-order valence-electron chi connectivity index (χ4n) is 4.45. The van der Waals surface area contributed by atoms with Crippen LogP contribution >= 0.6 is 0 Å². The standard InChI is InChI=1S/C33H24F3N3O2/c34-33(35,36)27-19-9-11-21-29(27)38-31(40)25-17-7-10-20-28(25)37-32(41)26-18-8-12-22-30(26)39(23-13-3-1-4-14-23)24-15-5-2-6-16-24/h1-22H,(H,37,41)(H,38,40). The number of carbonyl (C=O) groups is 2. The van der Waals surface area contributed by atoms with E-state index in [2.05, 4.69) is 10.6 Å². The fourth-order valence-corrected chi connectivity index (χ4v) is 4.45. The Labute approximate surface area is 234 Å². The van der Waals surface area contributed by atoms with E-state index < -0.39 is 23.6 Å². The predicted molar refractivity (Wildman–Crippen MR) is 155 cm³/mol. The first-order valence-corrected chi connectivity index (χ1v) is 12.7. The summed E-state index contributed by atoms with van der Waals surface area (Å²) in [6, 6.07) is 37.1. The van der Waals surface area contributed by atoms with E-state index in [1.807, 2.05) is 77.7 Å². The third kappa shape index (κ3) is 6.12. The van der Waals surface area contributed by atoms with Crippen LogP contribution in [0, 0.1) is 0 Å². The van der Waals surface area contributed by atoms with Gasteiger partial charge in [0.25, 0.3) is 11.8 Å². The fraction of sp³-hybridized carbons (Fsp3) is 0.0303. The van der Waals surface area contributed by atoms with Gasteiger partial charge < -0.3 is 15.5 Å². The highest BCUT2D eigenvalue weighted by Crippen LogP contribution is 2.37. The van der Waals surface area contributed by atoms with Crippen LogP contribution in [0.3, 0.4) is 0 Å². The van der Waals surface area contributed by atoms with Crippen molar-refractivity contribution in [2.75, 3.05) is 15.5 Å². The highest BCUT2D eigenvalue weighted by molar-refractivity contribution is 6.14. The molecule has 41 heavy (non-hydrogen) atoms. The Hall–Kier alpha value is -5.37. The molecule has 0 unspecified atom stereocenters. The second-order valence-electron chi connectivity index (χ2n) is 9.02. The molecule has 0 aliphatic rings. The van der Waals surface area contributed by atoms with Crippen molar-refractivity contribution >= 4 is 40.3 Å². The maximum Gasteiger partial charge on any atom is 0.418 e. The summed E-state index contributed by atoms with van der Waals surface area (Å²) >= 11 is 0. The third-order valence-corrected chi connectivity index (χ3v) is 6.32. The summed E-state index contributed by atoms with van der Waals surface area (Å²) in [5.74, 6) is -1.28. The van der Waals surface area contributed by atoms with Gasteiger partial charge in [-0.1, -0.05) is 72.8 Å². The molecule has 204 valence electrons. The van der Waals surface area contributed by atoms with Gasteiger partial charge in [-0.3, -0.25) is 9.59 Å². The van der Waals surface area contributed by atoms with E-state index in [0.717, 1.165) is 17.4 Å². The lowest BCUT2D eigenvalue weighted by molar-refractivity contribution is -0.136. The van der Waals surface area contributed by atoms with Gasteiger partial charge in [-0.05, 0) is 60.7 Å². The number of nitrogens with one attached hydrogen (secondary N) is 2. The number of hydrogen-bond acceptors (Lipinski definition) is 3. The summed E-state index contributed by atoms with van der Waals surface area (Å²) in [6.45, 7) is 0. The molecule has 0 saturated heterocycles. The molecule has 2 amide bonds. The summed E-state index contributed by atoms with van der Waals surface area (Å²) in [4.78, 5) is 28.8. The summed E-state index contributed by atoms with van der Waals surface area (Å²) in [5.41, 5.74) is 1.42. The number of nitrogens with zero attached hydrogens (tertiary/aromatic N) is 1. The van der Waals surface area contributed by atoms with Gasteiger partial charge in [-0.2, -0.15) is 13.2 Å². The predicted octanol–water partition coefficient (Wildman–Crippen LogP) is 8.68. The van der Waals surface area contributed by atoms with Crippen LogP contribution in [0.4, 0.5) is 41.6 Å². The van der Waals surface area contributed by atoms with Crippen LogP contribution in [-0.2, 0) is 6.18 Å². The van der Waals surface area contributed by atoms with Gasteiger partial charge in [0.15, 0.2) is 0 Å². The van der Waals surface area contributed by atoms with Crippen LogP contribution in [0.15, 0.2) is 133 Å². The maximum atomic E-state index is 13.7. The number of benzene rings is 5. The number of para-hydroxylation sites is 5. The Bertz CT molecular complexity index is 1630. The lowest BCUT2D eigenvalue weighted by Gasteiger charge is -2.27. The van der Waals surface area contributed by atoms with Gasteiger partial charge in [0.1, 0.15) is 0 Å². The number of alkyl halides is 3. The molecule has 0 bridgehead atoms. The lowest BCUT2D eigenvalue weighted by atomic mass is 10.1. The average molecular weight is 552 g/mol. The molecule has 0 heterocycles. The van der Waals surface area contributed by atoms with Gasteiger partial charge in [0, 0.05) is 11.4 Å².